The van der Waals surface area contributed by atoms with Crippen molar-refractivity contribution in [1.29, 1.82) is 0 Å². The van der Waals surface area contributed by atoms with Crippen LogP contribution in [0.1, 0.15) is 6.42 Å². The van der Waals surface area contributed by atoms with Crippen LogP contribution in [0.4, 0.5) is 23.2 Å². The number of ether oxygens (including phenoxy) is 1. The summed E-state index contributed by atoms with van der Waals surface area (Å²) in [4.78, 5) is 14.9. The number of carbonyl (C=O) groups excluding carboxylic acids is 1. The molecule has 132 valence electrons. The molecule has 0 aromatic heterocycles. The van der Waals surface area contributed by atoms with Crippen LogP contribution in [0.3, 0.4) is 0 Å². The van der Waals surface area contributed by atoms with E-state index in [1.54, 1.807) is 0 Å². The van der Waals surface area contributed by atoms with E-state index in [1.165, 1.54) is 4.90 Å². The van der Waals surface area contributed by atoms with Crippen LogP contribution >= 0.6 is 0 Å². The molecule has 0 amide bonds. The van der Waals surface area contributed by atoms with Crippen molar-refractivity contribution < 1.29 is 27.1 Å². The van der Waals surface area contributed by atoms with Gasteiger partial charge in [-0.15, -0.1) is 0 Å². The van der Waals surface area contributed by atoms with E-state index in [4.69, 9.17) is 0 Å². The van der Waals surface area contributed by atoms with E-state index in [1.807, 2.05) is 30.3 Å². The molecule has 0 bridgehead atoms. The molecule has 1 aromatic carbocycles. The Morgan fingerprint density at radius 3 is 2.29 bits per heavy atom. The van der Waals surface area contributed by atoms with Gasteiger partial charge in [-0.1, -0.05) is 18.2 Å². The topological polar surface area (TPSA) is 32.8 Å². The predicted octanol–water partition coefficient (Wildman–Crippen LogP) is 3.12. The average molecular weight is 346 g/mol. The summed E-state index contributed by atoms with van der Waals surface area (Å²) in [6, 6.07) is 9.61. The fourth-order valence-electron chi connectivity index (χ4n) is 2.40. The number of nitrogens with zero attached hydrogens (tertiary/aromatic N) is 2. The number of para-hydroxylation sites is 1. The normalized spacial score (nSPS) is 16.6. The lowest BCUT2D eigenvalue weighted by atomic mass is 10.2. The Kier molecular flexibility index (Phi) is 6.60. The van der Waals surface area contributed by atoms with Gasteiger partial charge in [-0.2, -0.15) is 8.78 Å². The van der Waals surface area contributed by atoms with Crippen LogP contribution in [-0.2, 0) is 9.53 Å². The van der Waals surface area contributed by atoms with Crippen LogP contribution in [0.25, 0.3) is 0 Å². The summed E-state index contributed by atoms with van der Waals surface area (Å²) in [5.74, 6) is -2.84. The predicted molar refractivity (Wildman–Crippen MR) is 81.1 cm³/mol. The maximum Gasteiger partial charge on any atom is 0.356 e. The van der Waals surface area contributed by atoms with Gasteiger partial charge in [0.25, 0.3) is 6.30 Å². The Hall–Kier alpha value is -2.09. The number of esters is 1. The molecule has 1 saturated heterocycles. The van der Waals surface area contributed by atoms with Gasteiger partial charge in [0.1, 0.15) is 0 Å². The standard InChI is InChI=1S/C16H18F4N2O2/c17-13(14(18)19)6-11-24-16(23)15(20)22-9-7-21(8-10-22)12-4-2-1-3-5-12/h1-5,15H,6-11H2. The van der Waals surface area contributed by atoms with E-state index in [0.29, 0.717) is 26.2 Å². The summed E-state index contributed by atoms with van der Waals surface area (Å²) in [6.07, 6.45) is -5.20. The Bertz CT molecular complexity index is 571. The van der Waals surface area contributed by atoms with Gasteiger partial charge in [0.15, 0.2) is 5.83 Å². The number of rotatable bonds is 6. The van der Waals surface area contributed by atoms with E-state index in [2.05, 4.69) is 9.64 Å². The van der Waals surface area contributed by atoms with Crippen molar-refractivity contribution in [3.05, 3.63) is 42.2 Å². The molecular weight excluding hydrogens is 328 g/mol. The molecule has 1 aromatic rings. The monoisotopic (exact) mass is 346 g/mol. The molecule has 4 nitrogen and oxygen atoms in total. The number of hydrogen-bond acceptors (Lipinski definition) is 4. The maximum absolute atomic E-state index is 14.1. The Balaban J connectivity index is 1.76. The van der Waals surface area contributed by atoms with Crippen LogP contribution in [0, 0.1) is 0 Å². The molecule has 0 aliphatic carbocycles. The summed E-state index contributed by atoms with van der Waals surface area (Å²) >= 11 is 0. The van der Waals surface area contributed by atoms with E-state index in [9.17, 15) is 22.4 Å². The third-order valence-electron chi connectivity index (χ3n) is 3.72. The van der Waals surface area contributed by atoms with Gasteiger partial charge in [-0.05, 0) is 12.1 Å². The fraction of sp³-hybridized carbons (Fsp3) is 0.438. The molecule has 1 atom stereocenters. The molecule has 1 fully saturated rings. The number of piperazine rings is 1. The SMILES string of the molecule is O=C(OCCC(F)=C(F)F)C(F)N1CCN(c2ccccc2)CC1. The first-order valence-electron chi connectivity index (χ1n) is 7.53. The summed E-state index contributed by atoms with van der Waals surface area (Å²) in [6.45, 7) is 1.10. The number of benzene rings is 1. The summed E-state index contributed by atoms with van der Waals surface area (Å²) in [5.41, 5.74) is 1.02. The Morgan fingerprint density at radius 2 is 1.71 bits per heavy atom. The molecule has 8 heteroatoms. The molecule has 1 aliphatic rings. The zero-order valence-corrected chi connectivity index (χ0v) is 12.9. The number of carbonyl (C=O) groups is 1. The van der Waals surface area contributed by atoms with E-state index >= 15 is 0 Å². The van der Waals surface area contributed by atoms with Crippen molar-refractivity contribution >= 4 is 11.7 Å². The van der Waals surface area contributed by atoms with Crippen LogP contribution in [0.2, 0.25) is 0 Å². The number of halogens is 4. The van der Waals surface area contributed by atoms with Crippen molar-refractivity contribution in [1.82, 2.24) is 4.90 Å². The first kappa shape index (κ1) is 18.3. The Labute approximate surface area is 137 Å². The summed E-state index contributed by atoms with van der Waals surface area (Å²) in [5, 5.41) is 0. The molecule has 1 heterocycles. The van der Waals surface area contributed by atoms with E-state index < -0.39 is 37.2 Å². The lowest BCUT2D eigenvalue weighted by Gasteiger charge is -2.36. The van der Waals surface area contributed by atoms with Crippen LogP contribution < -0.4 is 4.90 Å². The zero-order valence-electron chi connectivity index (χ0n) is 12.9. The fourth-order valence-corrected chi connectivity index (χ4v) is 2.40. The number of anilines is 1. The van der Waals surface area contributed by atoms with Crippen LogP contribution in [0.15, 0.2) is 42.2 Å². The number of alkyl halides is 1. The zero-order chi connectivity index (χ0) is 17.5. The maximum atomic E-state index is 14.1. The molecule has 0 radical (unpaired) electrons. The molecule has 2 rings (SSSR count). The van der Waals surface area contributed by atoms with Crippen LogP contribution in [-0.4, -0.2) is 50.0 Å². The third-order valence-corrected chi connectivity index (χ3v) is 3.72. The van der Waals surface area contributed by atoms with Crippen molar-refractivity contribution in [2.75, 3.05) is 37.7 Å². The van der Waals surface area contributed by atoms with E-state index in [0.717, 1.165) is 5.69 Å². The summed E-state index contributed by atoms with van der Waals surface area (Å²) in [7, 11) is 0. The van der Waals surface area contributed by atoms with Crippen molar-refractivity contribution in [3.63, 3.8) is 0 Å². The molecule has 24 heavy (non-hydrogen) atoms. The summed E-state index contributed by atoms with van der Waals surface area (Å²) < 4.78 is 54.9. The second kappa shape index (κ2) is 8.68. The smallest absolute Gasteiger partial charge is 0.356 e. The average Bonchev–Trinajstić information content (AvgIpc) is 2.61. The molecule has 0 N–H and O–H groups in total. The van der Waals surface area contributed by atoms with E-state index in [-0.39, 0.29) is 0 Å². The molecular formula is C16H18F4N2O2. The molecule has 0 saturated carbocycles. The van der Waals surface area contributed by atoms with Gasteiger partial charge in [-0.3, -0.25) is 4.90 Å². The van der Waals surface area contributed by atoms with Crippen molar-refractivity contribution in [3.8, 4) is 0 Å². The molecule has 0 spiro atoms. The lowest BCUT2D eigenvalue weighted by Crippen LogP contribution is -2.51. The molecule has 1 aliphatic heterocycles. The van der Waals surface area contributed by atoms with Gasteiger partial charge in [0.2, 0.25) is 0 Å². The first-order valence-corrected chi connectivity index (χ1v) is 7.53. The van der Waals surface area contributed by atoms with Gasteiger partial charge >= 0.3 is 12.0 Å². The molecule has 1 unspecified atom stereocenters. The van der Waals surface area contributed by atoms with Gasteiger partial charge < -0.3 is 9.64 Å². The quantitative estimate of drug-likeness (QED) is 0.450. The highest BCUT2D eigenvalue weighted by Gasteiger charge is 2.30. The lowest BCUT2D eigenvalue weighted by molar-refractivity contribution is -0.157. The van der Waals surface area contributed by atoms with Crippen LogP contribution in [0.5, 0.6) is 0 Å². The highest BCUT2D eigenvalue weighted by atomic mass is 19.3. The van der Waals surface area contributed by atoms with Gasteiger partial charge in [0.05, 0.1) is 6.61 Å². The highest BCUT2D eigenvalue weighted by molar-refractivity contribution is 5.74. The highest BCUT2D eigenvalue weighted by Crippen LogP contribution is 2.18. The second-order valence-corrected chi connectivity index (χ2v) is 5.28. The van der Waals surface area contributed by atoms with Crippen molar-refractivity contribution in [2.45, 2.75) is 12.7 Å². The first-order chi connectivity index (χ1) is 11.5. The van der Waals surface area contributed by atoms with Crippen molar-refractivity contribution in [2.24, 2.45) is 0 Å². The number of hydrogen-bond donors (Lipinski definition) is 0. The minimum atomic E-state index is -2.46. The second-order valence-electron chi connectivity index (χ2n) is 5.28. The van der Waals surface area contributed by atoms with Gasteiger partial charge in [0, 0.05) is 38.3 Å². The minimum absolute atomic E-state index is 0.318. The third kappa shape index (κ3) is 4.95. The minimum Gasteiger partial charge on any atom is -0.462 e. The van der Waals surface area contributed by atoms with Gasteiger partial charge in [-0.25, -0.2) is 13.6 Å². The largest absolute Gasteiger partial charge is 0.462 e. The Morgan fingerprint density at radius 1 is 1.08 bits per heavy atom.